The number of aliphatic hydroxyl groups excluding tert-OH is 1. The molecule has 7 nitrogen and oxygen atoms in total. The SMILES string of the molecule is COc1cc(NC(=O)c2ccc(N3CCCC3O)cc2Oc2ccc(F)cc2C)ccn1. The highest BCUT2D eigenvalue weighted by atomic mass is 19.1. The molecule has 8 heteroatoms. The molecule has 166 valence electrons. The molecule has 32 heavy (non-hydrogen) atoms. The molecule has 3 aromatic rings. The number of aromatic nitrogens is 1. The molecule has 1 fully saturated rings. The van der Waals surface area contributed by atoms with E-state index in [0.717, 1.165) is 12.1 Å². The second kappa shape index (κ2) is 9.23. The minimum Gasteiger partial charge on any atom is -0.481 e. The maximum atomic E-state index is 13.5. The van der Waals surface area contributed by atoms with Crippen molar-refractivity contribution in [2.45, 2.75) is 26.0 Å². The summed E-state index contributed by atoms with van der Waals surface area (Å²) in [5.74, 6) is 0.356. The number of aryl methyl sites for hydroxylation is 1. The van der Waals surface area contributed by atoms with Crippen LogP contribution in [-0.2, 0) is 0 Å². The average molecular weight is 437 g/mol. The first-order chi connectivity index (χ1) is 15.4. The van der Waals surface area contributed by atoms with Crippen molar-refractivity contribution >= 4 is 17.3 Å². The Morgan fingerprint density at radius 1 is 1.19 bits per heavy atom. The van der Waals surface area contributed by atoms with Gasteiger partial charge in [-0.3, -0.25) is 4.79 Å². The number of amides is 1. The maximum Gasteiger partial charge on any atom is 0.259 e. The molecule has 4 rings (SSSR count). The zero-order valence-electron chi connectivity index (χ0n) is 17.8. The molecule has 1 aliphatic rings. The Bertz CT molecular complexity index is 1140. The van der Waals surface area contributed by atoms with Crippen molar-refractivity contribution in [3.05, 3.63) is 71.7 Å². The standard InChI is InChI=1S/C24H24FN3O4/c1-15-12-16(25)5-8-20(15)32-21-14-18(28-11-3-4-23(28)29)6-7-19(21)24(30)27-17-9-10-26-22(13-17)31-2/h5-10,12-14,23,29H,3-4,11H2,1-2H3,(H,26,27,30). The van der Waals surface area contributed by atoms with Gasteiger partial charge >= 0.3 is 0 Å². The zero-order chi connectivity index (χ0) is 22.7. The van der Waals surface area contributed by atoms with Crippen molar-refractivity contribution in [1.29, 1.82) is 0 Å². The highest BCUT2D eigenvalue weighted by molar-refractivity contribution is 6.06. The number of carbonyl (C=O) groups is 1. The summed E-state index contributed by atoms with van der Waals surface area (Å²) >= 11 is 0. The van der Waals surface area contributed by atoms with Crippen LogP contribution in [-0.4, -0.2) is 35.9 Å². The van der Waals surface area contributed by atoms with Gasteiger partial charge in [0.05, 0.1) is 12.7 Å². The van der Waals surface area contributed by atoms with E-state index in [-0.39, 0.29) is 11.7 Å². The van der Waals surface area contributed by atoms with Crippen LogP contribution in [0.4, 0.5) is 15.8 Å². The van der Waals surface area contributed by atoms with Gasteiger partial charge in [-0.2, -0.15) is 0 Å². The molecule has 1 saturated heterocycles. The molecule has 0 aliphatic carbocycles. The number of nitrogens with zero attached hydrogens (tertiary/aromatic N) is 2. The van der Waals surface area contributed by atoms with E-state index in [2.05, 4.69) is 10.3 Å². The Morgan fingerprint density at radius 3 is 2.75 bits per heavy atom. The maximum absolute atomic E-state index is 13.5. The summed E-state index contributed by atoms with van der Waals surface area (Å²) in [6.07, 6.45) is 2.50. The Kier molecular flexibility index (Phi) is 6.23. The first kappa shape index (κ1) is 21.6. The number of halogens is 1. The Hall–Kier alpha value is -3.65. The molecular weight excluding hydrogens is 413 g/mol. The number of hydrogen-bond donors (Lipinski definition) is 2. The van der Waals surface area contributed by atoms with Crippen LogP contribution in [0, 0.1) is 12.7 Å². The van der Waals surface area contributed by atoms with Crippen molar-refractivity contribution in [3.63, 3.8) is 0 Å². The van der Waals surface area contributed by atoms with Crippen LogP contribution in [0.3, 0.4) is 0 Å². The number of aliphatic hydroxyl groups is 1. The van der Waals surface area contributed by atoms with E-state index in [9.17, 15) is 14.3 Å². The second-order valence-electron chi connectivity index (χ2n) is 7.55. The molecule has 2 aromatic carbocycles. The fourth-order valence-corrected chi connectivity index (χ4v) is 3.65. The van der Waals surface area contributed by atoms with Gasteiger partial charge in [0.2, 0.25) is 5.88 Å². The topological polar surface area (TPSA) is 83.9 Å². The van der Waals surface area contributed by atoms with Gasteiger partial charge in [-0.05, 0) is 61.7 Å². The summed E-state index contributed by atoms with van der Waals surface area (Å²) in [4.78, 5) is 19.0. The van der Waals surface area contributed by atoms with Crippen LogP contribution >= 0.6 is 0 Å². The lowest BCUT2D eigenvalue weighted by atomic mass is 10.1. The van der Waals surface area contributed by atoms with Gasteiger partial charge in [-0.15, -0.1) is 0 Å². The zero-order valence-corrected chi connectivity index (χ0v) is 17.8. The third kappa shape index (κ3) is 4.65. The normalized spacial score (nSPS) is 15.5. The van der Waals surface area contributed by atoms with Crippen molar-refractivity contribution in [3.8, 4) is 17.4 Å². The number of methoxy groups -OCH3 is 1. The lowest BCUT2D eigenvalue weighted by molar-refractivity contribution is 0.102. The molecule has 1 aromatic heterocycles. The molecule has 1 atom stereocenters. The van der Waals surface area contributed by atoms with Gasteiger partial charge in [0.15, 0.2) is 0 Å². The van der Waals surface area contributed by atoms with E-state index in [1.54, 1.807) is 37.3 Å². The van der Waals surface area contributed by atoms with Crippen molar-refractivity contribution in [1.82, 2.24) is 4.98 Å². The number of carbonyl (C=O) groups excluding carboxylic acids is 1. The van der Waals surface area contributed by atoms with E-state index in [4.69, 9.17) is 9.47 Å². The summed E-state index contributed by atoms with van der Waals surface area (Å²) in [5, 5.41) is 13.1. The molecule has 1 amide bonds. The second-order valence-corrected chi connectivity index (χ2v) is 7.55. The molecular formula is C24H24FN3O4. The smallest absolute Gasteiger partial charge is 0.259 e. The number of ether oxygens (including phenoxy) is 2. The largest absolute Gasteiger partial charge is 0.481 e. The number of rotatable bonds is 6. The summed E-state index contributed by atoms with van der Waals surface area (Å²) < 4.78 is 24.7. The third-order valence-corrected chi connectivity index (χ3v) is 5.32. The average Bonchev–Trinajstić information content (AvgIpc) is 3.21. The molecule has 1 aliphatic heterocycles. The van der Waals surface area contributed by atoms with Crippen LogP contribution < -0.4 is 19.7 Å². The lowest BCUT2D eigenvalue weighted by Crippen LogP contribution is -2.28. The van der Waals surface area contributed by atoms with Crippen LogP contribution in [0.25, 0.3) is 0 Å². The summed E-state index contributed by atoms with van der Waals surface area (Å²) in [6, 6.07) is 12.6. The van der Waals surface area contributed by atoms with Gasteiger partial charge in [0.25, 0.3) is 5.91 Å². The fraction of sp³-hybridized carbons (Fsp3) is 0.250. The van der Waals surface area contributed by atoms with Gasteiger partial charge in [0.1, 0.15) is 23.5 Å². The van der Waals surface area contributed by atoms with Crippen molar-refractivity contribution in [2.24, 2.45) is 0 Å². The number of benzene rings is 2. The highest BCUT2D eigenvalue weighted by Gasteiger charge is 2.24. The van der Waals surface area contributed by atoms with Crippen LogP contribution in [0.5, 0.6) is 17.4 Å². The first-order valence-corrected chi connectivity index (χ1v) is 10.3. The lowest BCUT2D eigenvalue weighted by Gasteiger charge is -2.24. The summed E-state index contributed by atoms with van der Waals surface area (Å²) in [7, 11) is 1.50. The van der Waals surface area contributed by atoms with Gasteiger partial charge in [-0.25, -0.2) is 9.37 Å². The molecule has 0 saturated carbocycles. The molecule has 0 bridgehead atoms. The predicted molar refractivity (Wildman–Crippen MR) is 119 cm³/mol. The number of nitrogens with one attached hydrogen (secondary N) is 1. The van der Waals surface area contributed by atoms with E-state index in [1.165, 1.54) is 31.5 Å². The molecule has 1 unspecified atom stereocenters. The molecule has 0 spiro atoms. The predicted octanol–water partition coefficient (Wildman–Crippen LogP) is 4.50. The van der Waals surface area contributed by atoms with Crippen LogP contribution in [0.15, 0.2) is 54.7 Å². The monoisotopic (exact) mass is 437 g/mol. The highest BCUT2D eigenvalue weighted by Crippen LogP contribution is 2.34. The first-order valence-electron chi connectivity index (χ1n) is 10.3. The Morgan fingerprint density at radius 2 is 2.03 bits per heavy atom. The van der Waals surface area contributed by atoms with E-state index < -0.39 is 6.23 Å². The van der Waals surface area contributed by atoms with Gasteiger partial charge < -0.3 is 24.8 Å². The van der Waals surface area contributed by atoms with Gasteiger partial charge in [-0.1, -0.05) is 0 Å². The minimum atomic E-state index is -0.584. The van der Waals surface area contributed by atoms with E-state index in [0.29, 0.717) is 47.2 Å². The van der Waals surface area contributed by atoms with Crippen LogP contribution in [0.2, 0.25) is 0 Å². The molecule has 2 heterocycles. The van der Waals surface area contributed by atoms with Crippen LogP contribution in [0.1, 0.15) is 28.8 Å². The summed E-state index contributed by atoms with van der Waals surface area (Å²) in [6.45, 7) is 2.44. The van der Waals surface area contributed by atoms with Gasteiger partial charge in [0, 0.05) is 36.2 Å². The Labute approximate surface area is 185 Å². The van der Waals surface area contributed by atoms with Crippen molar-refractivity contribution < 1.29 is 23.8 Å². The molecule has 2 N–H and O–H groups in total. The van der Waals surface area contributed by atoms with Crippen molar-refractivity contribution in [2.75, 3.05) is 23.9 Å². The van der Waals surface area contributed by atoms with E-state index in [1.807, 2.05) is 4.90 Å². The number of hydrogen-bond acceptors (Lipinski definition) is 6. The quantitative estimate of drug-likeness (QED) is 0.591. The summed E-state index contributed by atoms with van der Waals surface area (Å²) in [5.41, 5.74) is 2.15. The fourth-order valence-electron chi connectivity index (χ4n) is 3.65. The third-order valence-electron chi connectivity index (χ3n) is 5.32. The molecule has 0 radical (unpaired) electrons. The number of anilines is 2. The minimum absolute atomic E-state index is 0.293. The number of pyridine rings is 1. The van der Waals surface area contributed by atoms with E-state index >= 15 is 0 Å². The Balaban J connectivity index is 1.68.